The van der Waals surface area contributed by atoms with Crippen molar-refractivity contribution >= 4 is 10.1 Å². The Balaban J connectivity index is 2.42. The first-order valence-corrected chi connectivity index (χ1v) is 7.28. The van der Waals surface area contributed by atoms with Gasteiger partial charge in [-0.25, -0.2) is 0 Å². The van der Waals surface area contributed by atoms with Crippen LogP contribution < -0.4 is 4.18 Å². The van der Waals surface area contributed by atoms with Crippen LogP contribution in [0.2, 0.25) is 0 Å². The summed E-state index contributed by atoms with van der Waals surface area (Å²) >= 11 is 0. The lowest BCUT2D eigenvalue weighted by Gasteiger charge is -2.11. The Morgan fingerprint density at radius 1 is 0.952 bits per heavy atom. The maximum Gasteiger partial charge on any atom is 0.534 e. The zero-order valence-corrected chi connectivity index (χ0v) is 11.7. The predicted octanol–water partition coefficient (Wildman–Crippen LogP) is 3.89. The molecule has 0 fully saturated rings. The molecule has 0 saturated heterocycles. The predicted molar refractivity (Wildman–Crippen MR) is 72.2 cm³/mol. The number of aryl methyl sites for hydroxylation is 1. The number of benzene rings is 2. The number of hydrogen-bond acceptors (Lipinski definition) is 3. The monoisotopic (exact) mass is 316 g/mol. The highest BCUT2D eigenvalue weighted by Crippen LogP contribution is 2.30. The van der Waals surface area contributed by atoms with E-state index < -0.39 is 15.6 Å². The van der Waals surface area contributed by atoms with Gasteiger partial charge < -0.3 is 4.18 Å². The largest absolute Gasteiger partial charge is 0.534 e. The Kier molecular flexibility index (Phi) is 3.95. The Hall–Kier alpha value is -2.02. The normalized spacial score (nSPS) is 12.2. The van der Waals surface area contributed by atoms with Gasteiger partial charge in [-0.05, 0) is 35.7 Å². The van der Waals surface area contributed by atoms with Crippen molar-refractivity contribution in [2.45, 2.75) is 12.4 Å². The highest BCUT2D eigenvalue weighted by Gasteiger charge is 2.48. The summed E-state index contributed by atoms with van der Waals surface area (Å²) in [6, 6.07) is 13.1. The van der Waals surface area contributed by atoms with Crippen molar-refractivity contribution in [1.29, 1.82) is 0 Å². The first kappa shape index (κ1) is 15.4. The van der Waals surface area contributed by atoms with E-state index in [4.69, 9.17) is 0 Å². The summed E-state index contributed by atoms with van der Waals surface area (Å²) in [5.74, 6) is -0.369. The fourth-order valence-corrected chi connectivity index (χ4v) is 2.21. The molecule has 2 aromatic rings. The second-order valence-electron chi connectivity index (χ2n) is 4.38. The van der Waals surface area contributed by atoms with Crippen molar-refractivity contribution in [3.63, 3.8) is 0 Å². The minimum Gasteiger partial charge on any atom is -0.376 e. The van der Waals surface area contributed by atoms with Gasteiger partial charge in [0.25, 0.3) is 0 Å². The maximum absolute atomic E-state index is 12.3. The van der Waals surface area contributed by atoms with Gasteiger partial charge in [-0.1, -0.05) is 36.4 Å². The fraction of sp³-hybridized carbons (Fsp3) is 0.143. The molecule has 2 rings (SSSR count). The van der Waals surface area contributed by atoms with Crippen molar-refractivity contribution in [3.8, 4) is 16.9 Å². The molecule has 0 aliphatic carbocycles. The molecule has 0 unspecified atom stereocenters. The maximum atomic E-state index is 12.3. The molecule has 0 aliphatic heterocycles. The number of rotatable bonds is 3. The second kappa shape index (κ2) is 5.40. The molecule has 0 saturated carbocycles. The van der Waals surface area contributed by atoms with Crippen molar-refractivity contribution in [3.05, 3.63) is 54.1 Å². The molecule has 0 amide bonds. The molecule has 0 radical (unpaired) electrons. The lowest BCUT2D eigenvalue weighted by atomic mass is 10.0. The van der Waals surface area contributed by atoms with Crippen LogP contribution in [0, 0.1) is 6.92 Å². The van der Waals surface area contributed by atoms with Crippen LogP contribution in [-0.2, 0) is 10.1 Å². The van der Waals surface area contributed by atoms with Crippen LogP contribution in [0.1, 0.15) is 5.56 Å². The molecule has 0 aliphatic rings. The van der Waals surface area contributed by atoms with Crippen LogP contribution in [-0.4, -0.2) is 13.9 Å². The molecule has 21 heavy (non-hydrogen) atoms. The van der Waals surface area contributed by atoms with Gasteiger partial charge in [-0.2, -0.15) is 21.6 Å². The minimum atomic E-state index is -5.67. The average Bonchev–Trinajstić information content (AvgIpc) is 2.37. The van der Waals surface area contributed by atoms with E-state index in [1.54, 1.807) is 43.3 Å². The molecule has 0 heterocycles. The topological polar surface area (TPSA) is 43.4 Å². The quantitative estimate of drug-likeness (QED) is 0.637. The molecule has 0 bridgehead atoms. The summed E-state index contributed by atoms with van der Waals surface area (Å²) in [4.78, 5) is 0. The third-order valence-corrected chi connectivity index (χ3v) is 3.63. The second-order valence-corrected chi connectivity index (χ2v) is 5.92. The van der Waals surface area contributed by atoms with Crippen LogP contribution in [0.4, 0.5) is 13.2 Å². The van der Waals surface area contributed by atoms with E-state index in [1.165, 1.54) is 12.1 Å². The van der Waals surface area contributed by atoms with Crippen LogP contribution in [0.3, 0.4) is 0 Å². The van der Waals surface area contributed by atoms with Gasteiger partial charge >= 0.3 is 15.6 Å². The lowest BCUT2D eigenvalue weighted by Crippen LogP contribution is -2.28. The molecule has 0 atom stereocenters. The van der Waals surface area contributed by atoms with E-state index >= 15 is 0 Å². The molecule has 0 aromatic heterocycles. The molecule has 0 N–H and O–H groups in total. The minimum absolute atomic E-state index is 0.369. The number of hydrogen-bond donors (Lipinski definition) is 0. The SMILES string of the molecule is Cc1cc(OS(=O)(=O)C(F)(F)F)cc(-c2ccccc2)c1. The fourth-order valence-electron chi connectivity index (χ4n) is 1.77. The van der Waals surface area contributed by atoms with E-state index in [1.807, 2.05) is 0 Å². The Bertz CT molecular complexity index is 738. The van der Waals surface area contributed by atoms with Gasteiger partial charge in [-0.3, -0.25) is 0 Å². The highest BCUT2D eigenvalue weighted by molar-refractivity contribution is 7.88. The summed E-state index contributed by atoms with van der Waals surface area (Å²) in [7, 11) is -5.67. The molecule has 7 heteroatoms. The molecule has 3 nitrogen and oxygen atoms in total. The van der Waals surface area contributed by atoms with Crippen LogP contribution in [0.15, 0.2) is 48.5 Å². The van der Waals surface area contributed by atoms with Gasteiger partial charge in [-0.15, -0.1) is 0 Å². The van der Waals surface area contributed by atoms with Crippen molar-refractivity contribution in [1.82, 2.24) is 0 Å². The zero-order chi connectivity index (χ0) is 15.7. The third kappa shape index (κ3) is 3.55. The third-order valence-electron chi connectivity index (χ3n) is 2.65. The van der Waals surface area contributed by atoms with E-state index in [9.17, 15) is 21.6 Å². The summed E-state index contributed by atoms with van der Waals surface area (Å²) < 4.78 is 63.2. The summed E-state index contributed by atoms with van der Waals surface area (Å²) in [5.41, 5.74) is -3.55. The van der Waals surface area contributed by atoms with Gasteiger partial charge in [0, 0.05) is 0 Å². The average molecular weight is 316 g/mol. The summed E-state index contributed by atoms with van der Waals surface area (Å²) in [6.45, 7) is 1.64. The van der Waals surface area contributed by atoms with E-state index in [0.717, 1.165) is 5.56 Å². The van der Waals surface area contributed by atoms with Crippen molar-refractivity contribution in [2.24, 2.45) is 0 Å². The Morgan fingerprint density at radius 2 is 1.57 bits per heavy atom. The van der Waals surface area contributed by atoms with Crippen LogP contribution >= 0.6 is 0 Å². The molecular weight excluding hydrogens is 305 g/mol. The van der Waals surface area contributed by atoms with E-state index in [-0.39, 0.29) is 5.75 Å². The van der Waals surface area contributed by atoms with Crippen LogP contribution in [0.5, 0.6) is 5.75 Å². The molecule has 112 valence electrons. The standard InChI is InChI=1S/C14H11F3O3S/c1-10-7-12(11-5-3-2-4-6-11)9-13(8-10)20-21(18,19)14(15,16)17/h2-9H,1H3. The van der Waals surface area contributed by atoms with Gasteiger partial charge in [0.2, 0.25) is 0 Å². The number of halogens is 3. The summed E-state index contributed by atoms with van der Waals surface area (Å²) in [5, 5.41) is 0. The Labute approximate surface area is 120 Å². The van der Waals surface area contributed by atoms with E-state index in [0.29, 0.717) is 11.1 Å². The first-order valence-electron chi connectivity index (χ1n) is 5.87. The van der Waals surface area contributed by atoms with Gasteiger partial charge in [0.05, 0.1) is 0 Å². The summed E-state index contributed by atoms with van der Waals surface area (Å²) in [6.07, 6.45) is 0. The Morgan fingerprint density at radius 3 is 2.14 bits per heavy atom. The van der Waals surface area contributed by atoms with E-state index in [2.05, 4.69) is 4.18 Å². The highest BCUT2D eigenvalue weighted by atomic mass is 32.2. The van der Waals surface area contributed by atoms with Gasteiger partial charge in [0.1, 0.15) is 5.75 Å². The van der Waals surface area contributed by atoms with Crippen molar-refractivity contribution in [2.75, 3.05) is 0 Å². The molecule has 2 aromatic carbocycles. The molecule has 0 spiro atoms. The van der Waals surface area contributed by atoms with Crippen molar-refractivity contribution < 1.29 is 25.8 Å². The lowest BCUT2D eigenvalue weighted by molar-refractivity contribution is -0.0500. The molecular formula is C14H11F3O3S. The zero-order valence-electron chi connectivity index (χ0n) is 10.9. The van der Waals surface area contributed by atoms with Gasteiger partial charge in [0.15, 0.2) is 0 Å². The smallest absolute Gasteiger partial charge is 0.376 e. The van der Waals surface area contributed by atoms with Crippen LogP contribution in [0.25, 0.3) is 11.1 Å². The number of alkyl halides is 3. The first-order chi connectivity index (χ1) is 9.69.